The molecule has 2 unspecified atom stereocenters. The van der Waals surface area contributed by atoms with Gasteiger partial charge in [0.1, 0.15) is 5.82 Å². The van der Waals surface area contributed by atoms with E-state index < -0.39 is 0 Å². The van der Waals surface area contributed by atoms with E-state index in [0.717, 1.165) is 0 Å². The molecule has 2 atom stereocenters. The van der Waals surface area contributed by atoms with Gasteiger partial charge in [0.15, 0.2) is 0 Å². The Labute approximate surface area is 196 Å². The molecule has 0 aromatic carbocycles. The summed E-state index contributed by atoms with van der Waals surface area (Å²) in [4.78, 5) is 4.84. The van der Waals surface area contributed by atoms with Crippen molar-refractivity contribution in [1.82, 2.24) is 9.55 Å². The first-order valence-electron chi connectivity index (χ1n) is 14.3. The third-order valence-corrected chi connectivity index (χ3v) is 7.08. The van der Waals surface area contributed by atoms with Gasteiger partial charge in [0.2, 0.25) is 0 Å². The topological polar surface area (TPSA) is 17.8 Å². The van der Waals surface area contributed by atoms with E-state index in [1.807, 2.05) is 6.20 Å². The molecule has 182 valence electrons. The fourth-order valence-corrected chi connectivity index (χ4v) is 4.91. The quantitative estimate of drug-likeness (QED) is 0.167. The minimum Gasteiger partial charge on any atom is -0.332 e. The minimum absolute atomic E-state index is 0.591. The number of unbranched alkanes of at least 4 members (excludes halogenated alkanes) is 14. The predicted molar refractivity (Wildman–Crippen MR) is 139 cm³/mol. The lowest BCUT2D eigenvalue weighted by atomic mass is 9.93. The maximum atomic E-state index is 4.84. The van der Waals surface area contributed by atoms with Crippen molar-refractivity contribution in [1.29, 1.82) is 0 Å². The first-order valence-corrected chi connectivity index (χ1v) is 14.3. The van der Waals surface area contributed by atoms with Gasteiger partial charge in [0.05, 0.1) is 0 Å². The Bertz CT molecular complexity index is 493. The maximum absolute atomic E-state index is 4.84. The van der Waals surface area contributed by atoms with Crippen LogP contribution in [0.4, 0.5) is 0 Å². The fourth-order valence-electron chi connectivity index (χ4n) is 4.91. The van der Waals surface area contributed by atoms with Gasteiger partial charge in [0.25, 0.3) is 0 Å². The monoisotopic (exact) mass is 432 g/mol. The summed E-state index contributed by atoms with van der Waals surface area (Å²) in [5.74, 6) is 2.03. The zero-order chi connectivity index (χ0) is 22.6. The molecule has 0 saturated heterocycles. The molecular weight excluding hydrogens is 376 g/mol. The van der Waals surface area contributed by atoms with E-state index in [-0.39, 0.29) is 0 Å². The van der Waals surface area contributed by atoms with Crippen molar-refractivity contribution in [3.63, 3.8) is 0 Å². The van der Waals surface area contributed by atoms with Crippen LogP contribution in [0.15, 0.2) is 12.4 Å². The van der Waals surface area contributed by atoms with Gasteiger partial charge in [-0.05, 0) is 26.2 Å². The second-order valence-corrected chi connectivity index (χ2v) is 10.1. The Morgan fingerprint density at radius 3 is 1.61 bits per heavy atom. The van der Waals surface area contributed by atoms with Crippen LogP contribution in [0.1, 0.15) is 174 Å². The highest BCUT2D eigenvalue weighted by atomic mass is 15.1. The lowest BCUT2D eigenvalue weighted by molar-refractivity contribution is 0.421. The van der Waals surface area contributed by atoms with Crippen LogP contribution < -0.4 is 0 Å². The highest BCUT2D eigenvalue weighted by Gasteiger charge is 2.19. The molecule has 2 nitrogen and oxygen atoms in total. The van der Waals surface area contributed by atoms with E-state index in [0.29, 0.717) is 12.0 Å². The van der Waals surface area contributed by atoms with Crippen LogP contribution in [0.5, 0.6) is 0 Å². The molecule has 0 fully saturated rings. The SMILES string of the molecule is CCCCCCCCCCCCCCCC(CCCC)c1nccn1C(C)CCCC. The van der Waals surface area contributed by atoms with Gasteiger partial charge in [-0.1, -0.05) is 130 Å². The Balaban J connectivity index is 2.23. The van der Waals surface area contributed by atoms with Gasteiger partial charge in [0, 0.05) is 24.4 Å². The number of hydrogen-bond donors (Lipinski definition) is 0. The third kappa shape index (κ3) is 13.4. The summed E-state index contributed by atoms with van der Waals surface area (Å²) in [7, 11) is 0. The van der Waals surface area contributed by atoms with Crippen LogP contribution in [0.2, 0.25) is 0 Å². The lowest BCUT2D eigenvalue weighted by Gasteiger charge is -2.22. The second kappa shape index (κ2) is 19.9. The summed E-state index contributed by atoms with van der Waals surface area (Å²) < 4.78 is 2.50. The molecule has 31 heavy (non-hydrogen) atoms. The molecule has 1 rings (SSSR count). The van der Waals surface area contributed by atoms with Crippen molar-refractivity contribution in [2.24, 2.45) is 0 Å². The maximum Gasteiger partial charge on any atom is 0.111 e. The van der Waals surface area contributed by atoms with Crippen LogP contribution in [0, 0.1) is 0 Å². The number of aromatic nitrogens is 2. The van der Waals surface area contributed by atoms with Crippen LogP contribution in [-0.2, 0) is 0 Å². The predicted octanol–water partition coefficient (Wildman–Crippen LogP) is 10.4. The smallest absolute Gasteiger partial charge is 0.111 e. The molecule has 0 bridgehead atoms. The van der Waals surface area contributed by atoms with Crippen LogP contribution in [-0.4, -0.2) is 9.55 Å². The van der Waals surface area contributed by atoms with Crippen molar-refractivity contribution in [3.05, 3.63) is 18.2 Å². The van der Waals surface area contributed by atoms with E-state index >= 15 is 0 Å². The van der Waals surface area contributed by atoms with Crippen molar-refractivity contribution >= 4 is 0 Å². The van der Waals surface area contributed by atoms with Gasteiger partial charge in [-0.15, -0.1) is 0 Å². The number of hydrogen-bond acceptors (Lipinski definition) is 1. The molecule has 0 amide bonds. The van der Waals surface area contributed by atoms with Gasteiger partial charge in [-0.25, -0.2) is 4.98 Å². The molecule has 0 aliphatic rings. The van der Waals surface area contributed by atoms with E-state index in [2.05, 4.69) is 38.5 Å². The Hall–Kier alpha value is -0.790. The second-order valence-electron chi connectivity index (χ2n) is 10.1. The number of imidazole rings is 1. The summed E-state index contributed by atoms with van der Waals surface area (Å²) in [6.07, 6.45) is 32.1. The van der Waals surface area contributed by atoms with E-state index in [9.17, 15) is 0 Å². The van der Waals surface area contributed by atoms with Gasteiger partial charge < -0.3 is 4.57 Å². The van der Waals surface area contributed by atoms with Crippen molar-refractivity contribution < 1.29 is 0 Å². The number of rotatable bonds is 22. The largest absolute Gasteiger partial charge is 0.332 e. The molecule has 1 aromatic rings. The Morgan fingerprint density at radius 1 is 0.613 bits per heavy atom. The summed E-state index contributed by atoms with van der Waals surface area (Å²) >= 11 is 0. The zero-order valence-electron chi connectivity index (χ0n) is 21.8. The Morgan fingerprint density at radius 2 is 1.06 bits per heavy atom. The summed E-state index contributed by atoms with van der Waals surface area (Å²) in [6, 6.07) is 0.591. The molecule has 2 heteroatoms. The summed E-state index contributed by atoms with van der Waals surface area (Å²) in [5, 5.41) is 0. The summed E-state index contributed by atoms with van der Waals surface area (Å²) in [5.41, 5.74) is 0. The molecule has 0 aliphatic heterocycles. The first-order chi connectivity index (χ1) is 15.2. The Kier molecular flexibility index (Phi) is 18.1. The highest BCUT2D eigenvalue weighted by molar-refractivity contribution is 5.02. The third-order valence-electron chi connectivity index (χ3n) is 7.08. The van der Waals surface area contributed by atoms with Crippen LogP contribution in [0.25, 0.3) is 0 Å². The molecule has 0 aliphatic carbocycles. The van der Waals surface area contributed by atoms with Crippen LogP contribution in [0.3, 0.4) is 0 Å². The normalized spacial score (nSPS) is 13.5. The van der Waals surface area contributed by atoms with Crippen molar-refractivity contribution in [2.45, 2.75) is 168 Å². The minimum atomic E-state index is 0.591. The van der Waals surface area contributed by atoms with E-state index in [1.54, 1.807) is 0 Å². The lowest BCUT2D eigenvalue weighted by Crippen LogP contribution is -2.13. The molecular formula is C29H56N2. The zero-order valence-corrected chi connectivity index (χ0v) is 21.8. The van der Waals surface area contributed by atoms with Crippen molar-refractivity contribution in [2.75, 3.05) is 0 Å². The molecule has 1 aromatic heterocycles. The van der Waals surface area contributed by atoms with Crippen molar-refractivity contribution in [3.8, 4) is 0 Å². The molecule has 0 N–H and O–H groups in total. The number of nitrogens with zero attached hydrogens (tertiary/aromatic N) is 2. The average molecular weight is 433 g/mol. The van der Waals surface area contributed by atoms with Gasteiger partial charge >= 0.3 is 0 Å². The van der Waals surface area contributed by atoms with E-state index in [1.165, 1.54) is 134 Å². The molecule has 0 saturated carbocycles. The molecule has 0 radical (unpaired) electrons. The van der Waals surface area contributed by atoms with Gasteiger partial charge in [-0.3, -0.25) is 0 Å². The summed E-state index contributed by atoms with van der Waals surface area (Å²) in [6.45, 7) is 9.29. The van der Waals surface area contributed by atoms with Gasteiger partial charge in [-0.2, -0.15) is 0 Å². The molecule has 1 heterocycles. The first kappa shape index (κ1) is 28.2. The fraction of sp³-hybridized carbons (Fsp3) is 0.897. The standard InChI is InChI=1S/C29H56N2/c1-5-8-11-12-13-14-15-16-17-18-19-20-21-24-28(23-10-7-3)29-30-25-26-31(29)27(4)22-9-6-2/h25-28H,5-24H2,1-4H3. The van der Waals surface area contributed by atoms with E-state index in [4.69, 9.17) is 4.98 Å². The average Bonchev–Trinajstić information content (AvgIpc) is 3.27. The molecule has 0 spiro atoms. The van der Waals surface area contributed by atoms with Crippen LogP contribution >= 0.6 is 0 Å². The highest BCUT2D eigenvalue weighted by Crippen LogP contribution is 2.30.